The van der Waals surface area contributed by atoms with E-state index < -0.39 is 12.0 Å². The zero-order valence-corrected chi connectivity index (χ0v) is 13.0. The summed E-state index contributed by atoms with van der Waals surface area (Å²) in [6.07, 6.45) is 1.64. The average molecular weight is 310 g/mol. The number of anilines is 1. The topological polar surface area (TPSA) is 96.6 Å². The summed E-state index contributed by atoms with van der Waals surface area (Å²) in [6, 6.07) is 0.716. The van der Waals surface area contributed by atoms with Crippen molar-refractivity contribution in [3.8, 4) is 0 Å². The van der Waals surface area contributed by atoms with Crippen LogP contribution in [-0.4, -0.2) is 31.7 Å². The van der Waals surface area contributed by atoms with Gasteiger partial charge in [-0.25, -0.2) is 9.78 Å². The third kappa shape index (κ3) is 3.38. The number of carboxylic acid groups (broad SMARTS) is 1. The van der Waals surface area contributed by atoms with Crippen molar-refractivity contribution >= 4 is 27.4 Å². The number of aromatic nitrogens is 3. The molecule has 0 unspecified atom stereocenters. The summed E-state index contributed by atoms with van der Waals surface area (Å²) in [5, 5.41) is 16.5. The lowest BCUT2D eigenvalue weighted by molar-refractivity contribution is -0.138. The quantitative estimate of drug-likeness (QED) is 0.841. The fraction of sp³-hybridized carbons (Fsp3) is 0.538. The zero-order chi connectivity index (χ0) is 15.6. The summed E-state index contributed by atoms with van der Waals surface area (Å²) in [5.74, 6) is -1.05. The number of hydrogen-bond acceptors (Lipinski definition) is 6. The van der Waals surface area contributed by atoms with Crippen LogP contribution in [0.3, 0.4) is 0 Å². The fourth-order valence-electron chi connectivity index (χ4n) is 1.95. The van der Waals surface area contributed by atoms with Gasteiger partial charge in [-0.15, -0.1) is 5.10 Å². The highest BCUT2D eigenvalue weighted by molar-refractivity contribution is 7.20. The summed E-state index contributed by atoms with van der Waals surface area (Å²) in [6.45, 7) is 5.63. The molecule has 0 aliphatic rings. The van der Waals surface area contributed by atoms with Crippen LogP contribution >= 0.6 is 11.3 Å². The van der Waals surface area contributed by atoms with Crippen LogP contribution in [0.5, 0.6) is 0 Å². The van der Waals surface area contributed by atoms with Gasteiger partial charge < -0.3 is 10.4 Å². The van der Waals surface area contributed by atoms with Crippen molar-refractivity contribution < 1.29 is 9.90 Å². The molecular formula is C13H18N4O3S. The molecule has 0 saturated carbocycles. The first-order valence-corrected chi connectivity index (χ1v) is 7.63. The van der Waals surface area contributed by atoms with Crippen LogP contribution in [0.2, 0.25) is 0 Å². The van der Waals surface area contributed by atoms with E-state index in [1.807, 2.05) is 20.8 Å². The van der Waals surface area contributed by atoms with E-state index >= 15 is 0 Å². The van der Waals surface area contributed by atoms with E-state index in [1.54, 1.807) is 0 Å². The smallest absolute Gasteiger partial charge is 0.326 e. The molecule has 0 spiro atoms. The molecule has 2 aromatic rings. The maximum atomic E-state index is 12.0. The van der Waals surface area contributed by atoms with Gasteiger partial charge in [0.1, 0.15) is 6.04 Å². The Morgan fingerprint density at radius 2 is 2.24 bits per heavy atom. The second-order valence-corrected chi connectivity index (χ2v) is 6.10. The van der Waals surface area contributed by atoms with Crippen LogP contribution in [-0.2, 0) is 11.2 Å². The SMILES string of the molecule is CCCc1cc(=O)n2nc(N[C@H](C(=O)O)C(C)C)sc2n1. The zero-order valence-electron chi connectivity index (χ0n) is 12.2. The van der Waals surface area contributed by atoms with E-state index in [4.69, 9.17) is 0 Å². The highest BCUT2D eigenvalue weighted by Crippen LogP contribution is 2.19. The van der Waals surface area contributed by atoms with Crippen molar-refractivity contribution in [2.24, 2.45) is 5.92 Å². The van der Waals surface area contributed by atoms with Crippen LogP contribution in [0.15, 0.2) is 10.9 Å². The highest BCUT2D eigenvalue weighted by Gasteiger charge is 2.23. The number of carbonyl (C=O) groups is 1. The molecule has 7 nitrogen and oxygen atoms in total. The van der Waals surface area contributed by atoms with Crippen molar-refractivity contribution in [2.75, 3.05) is 5.32 Å². The summed E-state index contributed by atoms with van der Waals surface area (Å²) >= 11 is 1.18. The normalized spacial score (nSPS) is 12.8. The number of aliphatic carboxylic acids is 1. The fourth-order valence-corrected chi connectivity index (χ4v) is 2.81. The van der Waals surface area contributed by atoms with E-state index in [9.17, 15) is 14.7 Å². The van der Waals surface area contributed by atoms with Crippen molar-refractivity contribution in [2.45, 2.75) is 39.7 Å². The lowest BCUT2D eigenvalue weighted by Gasteiger charge is -2.16. The molecule has 0 aliphatic heterocycles. The highest BCUT2D eigenvalue weighted by atomic mass is 32.1. The van der Waals surface area contributed by atoms with E-state index in [0.717, 1.165) is 18.5 Å². The molecule has 2 aromatic heterocycles. The standard InChI is InChI=1S/C13H18N4O3S/c1-4-5-8-6-9(18)17-13(14-8)21-12(16-17)15-10(7(2)3)11(19)20/h6-7,10H,4-5H2,1-3H3,(H,15,16)(H,19,20)/t10-/m0/s1. The van der Waals surface area contributed by atoms with Gasteiger partial charge in [0.25, 0.3) is 5.56 Å². The maximum Gasteiger partial charge on any atom is 0.326 e. The molecule has 0 saturated heterocycles. The maximum absolute atomic E-state index is 12.0. The van der Waals surface area contributed by atoms with Crippen LogP contribution in [0.4, 0.5) is 5.13 Å². The van der Waals surface area contributed by atoms with Gasteiger partial charge >= 0.3 is 5.97 Å². The molecule has 0 amide bonds. The first-order valence-electron chi connectivity index (χ1n) is 6.81. The molecule has 0 fully saturated rings. The van der Waals surface area contributed by atoms with E-state index in [-0.39, 0.29) is 11.5 Å². The monoisotopic (exact) mass is 310 g/mol. The largest absolute Gasteiger partial charge is 0.480 e. The molecular weight excluding hydrogens is 292 g/mol. The Balaban J connectivity index is 2.36. The number of carboxylic acids is 1. The summed E-state index contributed by atoms with van der Waals surface area (Å²) in [7, 11) is 0. The van der Waals surface area contributed by atoms with Crippen LogP contribution < -0.4 is 10.9 Å². The second kappa shape index (κ2) is 6.21. The van der Waals surface area contributed by atoms with Gasteiger partial charge in [-0.05, 0) is 12.3 Å². The second-order valence-electron chi connectivity index (χ2n) is 5.14. The number of nitrogens with one attached hydrogen (secondary N) is 1. The molecule has 21 heavy (non-hydrogen) atoms. The summed E-state index contributed by atoms with van der Waals surface area (Å²) < 4.78 is 1.20. The van der Waals surface area contributed by atoms with Gasteiger partial charge in [-0.1, -0.05) is 38.5 Å². The molecule has 0 aromatic carbocycles. The number of aryl methyl sites for hydroxylation is 1. The number of nitrogens with zero attached hydrogens (tertiary/aromatic N) is 3. The summed E-state index contributed by atoms with van der Waals surface area (Å²) in [5.41, 5.74) is 0.487. The first-order chi connectivity index (χ1) is 9.92. The Kier molecular flexibility index (Phi) is 4.56. The van der Waals surface area contributed by atoms with Crippen LogP contribution in [0.25, 0.3) is 4.96 Å². The molecule has 0 radical (unpaired) electrons. The van der Waals surface area contributed by atoms with Crippen molar-refractivity contribution in [3.05, 3.63) is 22.1 Å². The Bertz CT molecular complexity index is 707. The van der Waals surface area contributed by atoms with Crippen molar-refractivity contribution in [1.29, 1.82) is 0 Å². The molecule has 8 heteroatoms. The molecule has 0 bridgehead atoms. The Hall–Kier alpha value is -1.96. The van der Waals surface area contributed by atoms with Gasteiger partial charge in [-0.2, -0.15) is 4.52 Å². The molecule has 2 rings (SSSR count). The first kappa shape index (κ1) is 15.4. The summed E-state index contributed by atoms with van der Waals surface area (Å²) in [4.78, 5) is 28.0. The molecule has 1 atom stereocenters. The Morgan fingerprint density at radius 3 is 2.81 bits per heavy atom. The van der Waals surface area contributed by atoms with Crippen LogP contribution in [0, 0.1) is 5.92 Å². The van der Waals surface area contributed by atoms with Crippen LogP contribution in [0.1, 0.15) is 32.9 Å². The minimum atomic E-state index is -0.948. The molecule has 0 aliphatic carbocycles. The van der Waals surface area contributed by atoms with E-state index in [2.05, 4.69) is 15.4 Å². The van der Waals surface area contributed by atoms with Gasteiger partial charge in [0.2, 0.25) is 10.1 Å². The lowest BCUT2D eigenvalue weighted by Crippen LogP contribution is -2.34. The number of rotatable bonds is 6. The van der Waals surface area contributed by atoms with Gasteiger partial charge in [0, 0.05) is 11.8 Å². The number of fused-ring (bicyclic) bond motifs is 1. The molecule has 114 valence electrons. The minimum absolute atomic E-state index is 0.102. The third-order valence-electron chi connectivity index (χ3n) is 3.02. The van der Waals surface area contributed by atoms with Gasteiger partial charge in [0.15, 0.2) is 0 Å². The van der Waals surface area contributed by atoms with E-state index in [1.165, 1.54) is 21.9 Å². The predicted octanol–water partition coefficient (Wildman–Crippen LogP) is 1.62. The van der Waals surface area contributed by atoms with Gasteiger partial charge in [0.05, 0.1) is 0 Å². The van der Waals surface area contributed by atoms with E-state index in [0.29, 0.717) is 10.1 Å². The minimum Gasteiger partial charge on any atom is -0.480 e. The van der Waals surface area contributed by atoms with Crippen molar-refractivity contribution in [1.82, 2.24) is 14.6 Å². The Morgan fingerprint density at radius 1 is 1.52 bits per heavy atom. The molecule has 2 N–H and O–H groups in total. The predicted molar refractivity (Wildman–Crippen MR) is 81.0 cm³/mol. The van der Waals surface area contributed by atoms with Gasteiger partial charge in [-0.3, -0.25) is 4.79 Å². The van der Waals surface area contributed by atoms with Crippen molar-refractivity contribution in [3.63, 3.8) is 0 Å². The Labute approximate surface area is 125 Å². The third-order valence-corrected chi connectivity index (χ3v) is 3.86. The average Bonchev–Trinajstić information content (AvgIpc) is 2.79. The lowest BCUT2D eigenvalue weighted by atomic mass is 10.1. The number of hydrogen-bond donors (Lipinski definition) is 2. The molecule has 2 heterocycles.